The molecule has 12 unspecified atom stereocenters. The molecule has 2 aliphatic carbocycles. The van der Waals surface area contributed by atoms with Crippen molar-refractivity contribution in [2.24, 2.45) is 11.8 Å². The Hall–Kier alpha value is -1.73. The van der Waals surface area contributed by atoms with Gasteiger partial charge in [-0.2, -0.15) is 0 Å². The number of fused-ring (bicyclic) bond motifs is 2. The Balaban J connectivity index is 1.06. The molecule has 10 fully saturated rings. The van der Waals surface area contributed by atoms with Gasteiger partial charge in [0.15, 0.2) is 16.6 Å². The number of ether oxygens (including phenoxy) is 2. The minimum atomic E-state index is -4.48. The third kappa shape index (κ3) is 10.8. The van der Waals surface area contributed by atoms with Gasteiger partial charge in [0.1, 0.15) is 6.79 Å². The number of hydrogen-bond acceptors (Lipinski definition) is 14. The van der Waals surface area contributed by atoms with Crippen LogP contribution in [-0.4, -0.2) is 112 Å². The molecular formula is C45H64O14Si9. The number of hydrogen-bond donors (Lipinski definition) is 0. The van der Waals surface area contributed by atoms with E-state index < -0.39 is 80.9 Å². The maximum absolute atomic E-state index is 8.04. The third-order valence-corrected chi connectivity index (χ3v) is 45.2. The summed E-state index contributed by atoms with van der Waals surface area (Å²) in [4.78, 5) is 0. The second-order valence-corrected chi connectivity index (χ2v) is 46.8. The van der Waals surface area contributed by atoms with Crippen LogP contribution in [0.15, 0.2) is 121 Å². The molecule has 68 heavy (non-hydrogen) atoms. The first kappa shape index (κ1) is 48.5. The van der Waals surface area contributed by atoms with Gasteiger partial charge in [0, 0.05) is 20.7 Å². The lowest BCUT2D eigenvalue weighted by Gasteiger charge is -2.50. The van der Waals surface area contributed by atoms with E-state index >= 15 is 0 Å². The number of epoxide rings is 2. The molecule has 8 heterocycles. The van der Waals surface area contributed by atoms with E-state index in [0.29, 0.717) is 46.6 Å². The summed E-state index contributed by atoms with van der Waals surface area (Å²) in [7, 11) is -31.0. The zero-order valence-electron chi connectivity index (χ0n) is 39.4. The monoisotopic (exact) mass is 1080 g/mol. The van der Waals surface area contributed by atoms with Gasteiger partial charge in [0.25, 0.3) is 10.0 Å². The van der Waals surface area contributed by atoms with Crippen LogP contribution in [0.3, 0.4) is 0 Å². The minimum absolute atomic E-state index is 0.256. The van der Waals surface area contributed by atoms with Crippen molar-refractivity contribution >= 4 is 102 Å². The molecule has 4 aromatic rings. The second kappa shape index (κ2) is 19.9. The highest BCUT2D eigenvalue weighted by atomic mass is 28.6. The van der Waals surface area contributed by atoms with Crippen molar-refractivity contribution in [3.63, 3.8) is 0 Å². The Kier molecular flexibility index (Phi) is 14.2. The molecule has 12 atom stereocenters. The SMILES string of the molecule is C[Si](C)(CCC1CCC2OC2C1)O[SiH]1O[SiH]2O[Si]3(c4ccccc4)OCO[Si](c4ccccc4)(O[SiH2]O3)O[Si](c3ccccc3)(O1)O[Si](O[Si](C)(C)CCC1CCC3OC3C1)(c1ccccc1)O2. The van der Waals surface area contributed by atoms with E-state index in [0.717, 1.165) is 67.4 Å². The normalized spacial score (nSPS) is 37.5. The molecule has 8 aliphatic heterocycles. The molecule has 2 saturated carbocycles. The van der Waals surface area contributed by atoms with Crippen molar-refractivity contribution < 1.29 is 59.5 Å². The standard InChI is InChI=1S/C45H64O14Si9/c1-63(2,31-29-36-25-27-42-44(33-36)48-42)53-61-52-62-54-65(38-17-9-5-10-18-38)46-35-47-66(51-60-50-65,39-19-11-6-12-20-39)58-68(55-61,41-23-15-8-16-24-41)59-67(56-62,40-21-13-7-14-22-40)57-64(3,4)32-30-37-26-28-43-45(34-37)49-43/h5-24,36-37,42-45,61-62H,25-35,60H2,1-4H3. The van der Waals surface area contributed by atoms with E-state index in [-0.39, 0.29) is 6.79 Å². The molecule has 4 bridgehead atoms. The number of rotatable bonds is 14. The molecule has 14 rings (SSSR count). The summed E-state index contributed by atoms with van der Waals surface area (Å²) in [6.45, 7) is 8.77. The summed E-state index contributed by atoms with van der Waals surface area (Å²) < 4.78 is 101. The quantitative estimate of drug-likeness (QED) is 0.131. The summed E-state index contributed by atoms with van der Waals surface area (Å²) in [5.41, 5.74) is 0. The minimum Gasteiger partial charge on any atom is -0.419 e. The smallest absolute Gasteiger partial charge is 0.419 e. The Morgan fingerprint density at radius 2 is 1.04 bits per heavy atom. The van der Waals surface area contributed by atoms with Gasteiger partial charge < -0.3 is 59.5 Å². The Morgan fingerprint density at radius 1 is 0.544 bits per heavy atom. The van der Waals surface area contributed by atoms with Crippen LogP contribution < -0.4 is 20.7 Å². The largest absolute Gasteiger partial charge is 0.522 e. The molecule has 10 aliphatic rings. The van der Waals surface area contributed by atoms with Gasteiger partial charge in [-0.05, 0) is 88.6 Å². The van der Waals surface area contributed by atoms with Gasteiger partial charge in [-0.3, -0.25) is 0 Å². The maximum atomic E-state index is 8.04. The molecule has 4 aromatic carbocycles. The first-order valence-electron chi connectivity index (χ1n) is 24.5. The van der Waals surface area contributed by atoms with Crippen molar-refractivity contribution in [1.82, 2.24) is 0 Å². The van der Waals surface area contributed by atoms with E-state index in [1.807, 2.05) is 121 Å². The van der Waals surface area contributed by atoms with Crippen LogP contribution in [-0.2, 0) is 59.5 Å². The van der Waals surface area contributed by atoms with Crippen LogP contribution in [0.5, 0.6) is 0 Å². The summed E-state index contributed by atoms with van der Waals surface area (Å²) in [6.07, 6.45) is 10.5. The predicted octanol–water partition coefficient (Wildman–Crippen LogP) is 4.33. The van der Waals surface area contributed by atoms with E-state index in [1.165, 1.54) is 6.42 Å². The fourth-order valence-corrected chi connectivity index (χ4v) is 46.3. The van der Waals surface area contributed by atoms with Gasteiger partial charge in [-0.15, -0.1) is 0 Å². The zero-order chi connectivity index (χ0) is 46.5. The lowest BCUT2D eigenvalue weighted by Crippen LogP contribution is -2.80. The van der Waals surface area contributed by atoms with Crippen LogP contribution in [0.1, 0.15) is 51.4 Å². The van der Waals surface area contributed by atoms with Gasteiger partial charge in [0.05, 0.1) is 24.4 Å². The predicted molar refractivity (Wildman–Crippen MR) is 274 cm³/mol. The van der Waals surface area contributed by atoms with Crippen LogP contribution in [0.25, 0.3) is 0 Å². The van der Waals surface area contributed by atoms with E-state index in [1.54, 1.807) is 0 Å². The van der Waals surface area contributed by atoms with Crippen LogP contribution in [0.2, 0.25) is 38.3 Å². The summed E-state index contributed by atoms with van der Waals surface area (Å²) >= 11 is 0. The fraction of sp³-hybridized carbons (Fsp3) is 0.467. The summed E-state index contributed by atoms with van der Waals surface area (Å²) in [5.74, 6) is 1.15. The Bertz CT molecular complexity index is 2310. The molecule has 0 radical (unpaired) electrons. The van der Waals surface area contributed by atoms with Crippen LogP contribution in [0, 0.1) is 11.8 Å². The molecule has 0 aromatic heterocycles. The van der Waals surface area contributed by atoms with Crippen molar-refractivity contribution in [2.45, 2.75) is 114 Å². The number of benzene rings is 4. The molecular weight excluding hydrogens is 1020 g/mol. The van der Waals surface area contributed by atoms with Crippen molar-refractivity contribution in [3.8, 4) is 0 Å². The molecule has 0 spiro atoms. The Labute approximate surface area is 412 Å². The molecule has 8 saturated heterocycles. The average Bonchev–Trinajstić information content (AvgIpc) is 4.27. The van der Waals surface area contributed by atoms with Gasteiger partial charge in [-0.1, -0.05) is 134 Å². The lowest BCUT2D eigenvalue weighted by atomic mass is 9.88. The first-order valence-corrected chi connectivity index (χ1v) is 41.6. The van der Waals surface area contributed by atoms with Gasteiger partial charge in [-0.25, -0.2) is 0 Å². The van der Waals surface area contributed by atoms with Gasteiger partial charge in [0.2, 0.25) is 0 Å². The topological polar surface area (TPSA) is 136 Å². The third-order valence-electron chi connectivity index (χ3n) is 14.4. The lowest BCUT2D eigenvalue weighted by molar-refractivity contribution is -0.00481. The molecule has 23 heteroatoms. The van der Waals surface area contributed by atoms with Crippen LogP contribution >= 0.6 is 0 Å². The highest BCUT2D eigenvalue weighted by molar-refractivity contribution is 7.00. The second-order valence-electron chi connectivity index (χ2n) is 20.4. The van der Waals surface area contributed by atoms with E-state index in [4.69, 9.17) is 59.5 Å². The zero-order valence-corrected chi connectivity index (χ0v) is 49.1. The van der Waals surface area contributed by atoms with Gasteiger partial charge >= 0.3 is 54.3 Å². The maximum Gasteiger partial charge on any atom is 0.522 e. The molecule has 0 N–H and O–H groups in total. The fourth-order valence-electron chi connectivity index (χ4n) is 10.4. The van der Waals surface area contributed by atoms with E-state index in [2.05, 4.69) is 26.2 Å². The molecule has 364 valence electrons. The average molecular weight is 1080 g/mol. The summed E-state index contributed by atoms with van der Waals surface area (Å²) in [5, 5.41) is 2.85. The molecule has 0 amide bonds. The highest BCUT2D eigenvalue weighted by Crippen LogP contribution is 2.44. The summed E-state index contributed by atoms with van der Waals surface area (Å²) in [6, 6.07) is 41.3. The first-order chi connectivity index (χ1) is 32.9. The van der Waals surface area contributed by atoms with Crippen LogP contribution in [0.4, 0.5) is 0 Å². The Morgan fingerprint density at radius 3 is 1.62 bits per heavy atom. The van der Waals surface area contributed by atoms with Crippen molar-refractivity contribution in [3.05, 3.63) is 121 Å². The molecule has 14 nitrogen and oxygen atoms in total. The van der Waals surface area contributed by atoms with Crippen molar-refractivity contribution in [2.75, 3.05) is 6.79 Å². The van der Waals surface area contributed by atoms with Crippen molar-refractivity contribution in [1.29, 1.82) is 0 Å². The van der Waals surface area contributed by atoms with E-state index in [9.17, 15) is 0 Å². The highest BCUT2D eigenvalue weighted by Gasteiger charge is 2.69.